The first-order valence-corrected chi connectivity index (χ1v) is 11.4. The standard InChI is InChI=1S/C24H35N5O5/c1-16(2)22(27)24(34)29(20(30)12-11-17-8-4-3-5-9-17)19(10-6-7-13-25)23(33)28-18(15-26)14-21(31)32/h3-5,8-9,16,18-19,22H,6-7,10-14,25,27H2,1-2H3,(H,28,33)(H,31,32)/t18?,19-,22-/m0/s1. The number of nitriles is 1. The third-order valence-corrected chi connectivity index (χ3v) is 5.38. The van der Waals surface area contributed by atoms with Crippen LogP contribution in [0.5, 0.6) is 0 Å². The molecule has 0 bridgehead atoms. The molecule has 1 aromatic rings. The lowest BCUT2D eigenvalue weighted by atomic mass is 9.99. The van der Waals surface area contributed by atoms with Crippen LogP contribution in [0.1, 0.15) is 51.5 Å². The van der Waals surface area contributed by atoms with E-state index in [0.29, 0.717) is 25.8 Å². The van der Waals surface area contributed by atoms with Gasteiger partial charge in [0.25, 0.3) is 0 Å². The highest BCUT2D eigenvalue weighted by atomic mass is 16.4. The number of aliphatic carboxylic acids is 1. The molecule has 1 aromatic carbocycles. The van der Waals surface area contributed by atoms with Gasteiger partial charge in [-0.2, -0.15) is 5.26 Å². The zero-order valence-electron chi connectivity index (χ0n) is 19.8. The lowest BCUT2D eigenvalue weighted by molar-refractivity contribution is -0.154. The number of carbonyl (C=O) groups is 4. The van der Waals surface area contributed by atoms with E-state index in [0.717, 1.165) is 10.5 Å². The van der Waals surface area contributed by atoms with Crippen LogP contribution < -0.4 is 16.8 Å². The highest BCUT2D eigenvalue weighted by Crippen LogP contribution is 2.17. The fraction of sp³-hybridized carbons (Fsp3) is 0.542. The second kappa shape index (κ2) is 14.8. The van der Waals surface area contributed by atoms with E-state index in [1.54, 1.807) is 19.9 Å². The zero-order chi connectivity index (χ0) is 25.7. The number of carboxylic acid groups (broad SMARTS) is 1. The Hall–Kier alpha value is -3.29. The van der Waals surface area contributed by atoms with Crippen molar-refractivity contribution < 1.29 is 24.3 Å². The third kappa shape index (κ3) is 9.29. The van der Waals surface area contributed by atoms with Crippen molar-refractivity contribution >= 4 is 23.7 Å². The van der Waals surface area contributed by atoms with Gasteiger partial charge in [-0.15, -0.1) is 0 Å². The number of nitrogens with one attached hydrogen (secondary N) is 1. The lowest BCUT2D eigenvalue weighted by Gasteiger charge is -2.32. The van der Waals surface area contributed by atoms with Crippen molar-refractivity contribution in [1.29, 1.82) is 5.26 Å². The summed E-state index contributed by atoms with van der Waals surface area (Å²) in [6.07, 6.45) is 0.824. The van der Waals surface area contributed by atoms with Crippen LogP contribution in [-0.4, -0.2) is 58.4 Å². The molecule has 0 aromatic heterocycles. The molecule has 10 heteroatoms. The average molecular weight is 474 g/mol. The number of hydrogen-bond donors (Lipinski definition) is 4. The van der Waals surface area contributed by atoms with Gasteiger partial charge in [0.05, 0.1) is 18.5 Å². The maximum Gasteiger partial charge on any atom is 0.306 e. The van der Waals surface area contributed by atoms with Crippen LogP contribution in [0, 0.1) is 17.2 Å². The van der Waals surface area contributed by atoms with E-state index in [9.17, 15) is 24.4 Å². The van der Waals surface area contributed by atoms with Crippen molar-refractivity contribution in [3.8, 4) is 6.07 Å². The largest absolute Gasteiger partial charge is 0.481 e. The van der Waals surface area contributed by atoms with E-state index in [1.165, 1.54) is 0 Å². The Balaban J connectivity index is 3.25. The van der Waals surface area contributed by atoms with Gasteiger partial charge < -0.3 is 21.9 Å². The summed E-state index contributed by atoms with van der Waals surface area (Å²) in [6.45, 7) is 3.82. The van der Waals surface area contributed by atoms with Gasteiger partial charge in [0.15, 0.2) is 0 Å². The third-order valence-electron chi connectivity index (χ3n) is 5.38. The summed E-state index contributed by atoms with van der Waals surface area (Å²) in [6, 6.07) is 7.40. The number of benzene rings is 1. The number of aryl methyl sites for hydroxylation is 1. The fourth-order valence-electron chi connectivity index (χ4n) is 3.34. The smallest absolute Gasteiger partial charge is 0.306 e. The van der Waals surface area contributed by atoms with Gasteiger partial charge in [0.1, 0.15) is 12.1 Å². The predicted molar refractivity (Wildman–Crippen MR) is 126 cm³/mol. The fourth-order valence-corrected chi connectivity index (χ4v) is 3.34. The molecule has 1 unspecified atom stereocenters. The van der Waals surface area contributed by atoms with Crippen molar-refractivity contribution in [1.82, 2.24) is 10.2 Å². The maximum atomic E-state index is 13.3. The number of hydrogen-bond acceptors (Lipinski definition) is 7. The molecular formula is C24H35N5O5. The summed E-state index contributed by atoms with van der Waals surface area (Å²) < 4.78 is 0. The molecule has 34 heavy (non-hydrogen) atoms. The van der Waals surface area contributed by atoms with Gasteiger partial charge in [-0.05, 0) is 43.7 Å². The minimum atomic E-state index is -1.31. The van der Waals surface area contributed by atoms with Gasteiger partial charge in [0, 0.05) is 6.42 Å². The molecular weight excluding hydrogens is 438 g/mol. The number of unbranched alkanes of at least 4 members (excludes halogenated alkanes) is 1. The normalized spacial score (nSPS) is 13.4. The topological polar surface area (TPSA) is 180 Å². The Bertz CT molecular complexity index is 868. The van der Waals surface area contributed by atoms with E-state index >= 15 is 0 Å². The molecule has 186 valence electrons. The molecule has 3 atom stereocenters. The summed E-state index contributed by atoms with van der Waals surface area (Å²) >= 11 is 0. The first-order valence-electron chi connectivity index (χ1n) is 11.4. The van der Waals surface area contributed by atoms with Crippen molar-refractivity contribution in [2.75, 3.05) is 6.54 Å². The summed E-state index contributed by atoms with van der Waals surface area (Å²) in [4.78, 5) is 51.6. The van der Waals surface area contributed by atoms with Gasteiger partial charge >= 0.3 is 5.97 Å². The summed E-state index contributed by atoms with van der Waals surface area (Å²) in [5.74, 6) is -3.58. The van der Waals surface area contributed by atoms with Crippen LogP contribution in [0.4, 0.5) is 0 Å². The number of imide groups is 1. The molecule has 0 fully saturated rings. The molecule has 10 nitrogen and oxygen atoms in total. The molecule has 0 aliphatic heterocycles. The number of rotatable bonds is 14. The second-order valence-electron chi connectivity index (χ2n) is 8.45. The van der Waals surface area contributed by atoms with Crippen LogP contribution >= 0.6 is 0 Å². The molecule has 0 aliphatic carbocycles. The number of carboxylic acids is 1. The first kappa shape index (κ1) is 28.7. The Labute approximate surface area is 200 Å². The Kier molecular flexibility index (Phi) is 12.5. The minimum Gasteiger partial charge on any atom is -0.481 e. The molecule has 0 radical (unpaired) electrons. The van der Waals surface area contributed by atoms with E-state index in [4.69, 9.17) is 16.6 Å². The van der Waals surface area contributed by atoms with E-state index in [1.807, 2.05) is 30.3 Å². The Morgan fingerprint density at radius 3 is 2.32 bits per heavy atom. The molecule has 0 heterocycles. The summed E-state index contributed by atoms with van der Waals surface area (Å²) in [7, 11) is 0. The molecule has 1 rings (SSSR count). The van der Waals surface area contributed by atoms with Crippen molar-refractivity contribution in [3.05, 3.63) is 35.9 Å². The van der Waals surface area contributed by atoms with Crippen molar-refractivity contribution in [2.45, 2.75) is 70.5 Å². The predicted octanol–water partition coefficient (Wildman–Crippen LogP) is 0.938. The number of amides is 3. The quantitative estimate of drug-likeness (QED) is 0.288. The Morgan fingerprint density at radius 1 is 1.15 bits per heavy atom. The maximum absolute atomic E-state index is 13.3. The van der Waals surface area contributed by atoms with Crippen LogP contribution in [0.3, 0.4) is 0 Å². The van der Waals surface area contributed by atoms with Crippen LogP contribution in [0.15, 0.2) is 30.3 Å². The van der Waals surface area contributed by atoms with Gasteiger partial charge in [0.2, 0.25) is 17.7 Å². The lowest BCUT2D eigenvalue weighted by Crippen LogP contribution is -2.58. The van der Waals surface area contributed by atoms with Gasteiger partial charge in [-0.1, -0.05) is 44.2 Å². The molecule has 0 saturated heterocycles. The highest BCUT2D eigenvalue weighted by molar-refractivity contribution is 6.02. The van der Waals surface area contributed by atoms with Crippen LogP contribution in [-0.2, 0) is 25.6 Å². The molecule has 3 amide bonds. The van der Waals surface area contributed by atoms with E-state index < -0.39 is 48.2 Å². The molecule has 0 spiro atoms. The minimum absolute atomic E-state index is 0.0297. The average Bonchev–Trinajstić information content (AvgIpc) is 2.81. The van der Waals surface area contributed by atoms with Crippen molar-refractivity contribution in [3.63, 3.8) is 0 Å². The molecule has 0 saturated carbocycles. The zero-order valence-corrected chi connectivity index (χ0v) is 19.8. The number of nitrogens with zero attached hydrogens (tertiary/aromatic N) is 2. The number of nitrogens with two attached hydrogens (primary N) is 2. The van der Waals surface area contributed by atoms with E-state index in [2.05, 4.69) is 5.32 Å². The summed E-state index contributed by atoms with van der Waals surface area (Å²) in [5, 5.41) is 20.6. The van der Waals surface area contributed by atoms with Crippen molar-refractivity contribution in [2.24, 2.45) is 17.4 Å². The summed E-state index contributed by atoms with van der Waals surface area (Å²) in [5.41, 5.74) is 12.5. The molecule has 0 aliphatic rings. The van der Waals surface area contributed by atoms with E-state index in [-0.39, 0.29) is 18.8 Å². The van der Waals surface area contributed by atoms with Gasteiger partial charge in [-0.3, -0.25) is 24.1 Å². The van der Waals surface area contributed by atoms with Gasteiger partial charge in [-0.25, -0.2) is 0 Å². The monoisotopic (exact) mass is 473 g/mol. The molecule has 6 N–H and O–H groups in total. The number of carbonyl (C=O) groups excluding carboxylic acids is 3. The highest BCUT2D eigenvalue weighted by Gasteiger charge is 2.38. The van der Waals surface area contributed by atoms with Crippen LogP contribution in [0.2, 0.25) is 0 Å². The second-order valence-corrected chi connectivity index (χ2v) is 8.45. The SMILES string of the molecule is CC(C)[C@H](N)C(=O)N(C(=O)CCc1ccccc1)[C@@H](CCCCN)C(=O)NC(C#N)CC(=O)O. The first-order chi connectivity index (χ1) is 16.1. The Morgan fingerprint density at radius 2 is 1.79 bits per heavy atom. The van der Waals surface area contributed by atoms with Crippen LogP contribution in [0.25, 0.3) is 0 Å².